The molecule has 18 heteroatoms. The molecule has 1 aliphatic heterocycles. The fourth-order valence-corrected chi connectivity index (χ4v) is 4.66. The van der Waals surface area contributed by atoms with Crippen LogP contribution in [0.3, 0.4) is 0 Å². The number of aliphatic hydroxyl groups excluding tert-OH is 1. The Morgan fingerprint density at radius 2 is 1.41 bits per heavy atom. The number of halogens is 8. The van der Waals surface area contributed by atoms with Crippen molar-refractivity contribution >= 4 is 23.4 Å². The van der Waals surface area contributed by atoms with Crippen LogP contribution in [-0.2, 0) is 16.1 Å². The number of carbonyl (C=O) groups excluding carboxylic acids is 1. The van der Waals surface area contributed by atoms with Crippen molar-refractivity contribution in [3.8, 4) is 0 Å². The average molecular weight is 649 g/mol. The standard InChI is InChI=1S/C22H30F2N4O2.2C2HF3O2/c23-22(24)9-12-27(13-10-22)14-18-26-19(17-6-2-5-11-28(17)18)20(30)25-15-21(16-29)7-3-1-4-8-21;2*3-2(4,5)1(6)7/h2,5-6,11,29H,1,3-4,7-10,12-16H2,(H,25,30);2*(H,6,7). The van der Waals surface area contributed by atoms with Gasteiger partial charge in [0.2, 0.25) is 0 Å². The Morgan fingerprint density at radius 1 is 0.886 bits per heavy atom. The molecule has 0 aromatic carbocycles. The first kappa shape index (κ1) is 36.7. The van der Waals surface area contributed by atoms with Gasteiger partial charge in [0.25, 0.3) is 11.8 Å². The van der Waals surface area contributed by atoms with Gasteiger partial charge in [-0.05, 0) is 25.0 Å². The van der Waals surface area contributed by atoms with Crippen LogP contribution >= 0.6 is 0 Å². The number of aliphatic carboxylic acids is 2. The van der Waals surface area contributed by atoms with E-state index < -0.39 is 30.2 Å². The highest BCUT2D eigenvalue weighted by molar-refractivity contribution is 5.99. The van der Waals surface area contributed by atoms with Crippen LogP contribution in [0.1, 0.15) is 61.3 Å². The number of imidazole rings is 1. The highest BCUT2D eigenvalue weighted by Crippen LogP contribution is 2.35. The quantitative estimate of drug-likeness (QED) is 0.335. The van der Waals surface area contributed by atoms with E-state index in [1.807, 2.05) is 33.7 Å². The molecule has 4 N–H and O–H groups in total. The van der Waals surface area contributed by atoms with E-state index in [1.54, 1.807) is 0 Å². The predicted octanol–water partition coefficient (Wildman–Crippen LogP) is 4.50. The van der Waals surface area contributed by atoms with Gasteiger partial charge in [-0.2, -0.15) is 26.3 Å². The van der Waals surface area contributed by atoms with Gasteiger partial charge >= 0.3 is 24.3 Å². The molecule has 44 heavy (non-hydrogen) atoms. The molecule has 10 nitrogen and oxygen atoms in total. The van der Waals surface area contributed by atoms with Gasteiger partial charge in [0.15, 0.2) is 5.69 Å². The number of rotatable bonds is 6. The number of hydrogen-bond donors (Lipinski definition) is 4. The zero-order valence-corrected chi connectivity index (χ0v) is 23.2. The Bertz CT molecular complexity index is 1240. The monoisotopic (exact) mass is 648 g/mol. The van der Waals surface area contributed by atoms with E-state index in [9.17, 15) is 45.0 Å². The maximum absolute atomic E-state index is 13.5. The summed E-state index contributed by atoms with van der Waals surface area (Å²) < 4.78 is 92.3. The number of nitrogens with zero attached hydrogens (tertiary/aromatic N) is 3. The number of alkyl halides is 8. The lowest BCUT2D eigenvalue weighted by Gasteiger charge is -2.35. The molecule has 0 bridgehead atoms. The SMILES string of the molecule is O=C(NCC1(CO)CCCCC1)c1nc(CN2CCC(F)(F)CC2)n2ccccc12.O=C(O)C(F)(F)F.O=C(O)C(F)(F)F. The summed E-state index contributed by atoms with van der Waals surface area (Å²) >= 11 is 0. The van der Waals surface area contributed by atoms with Crippen molar-refractivity contribution in [3.63, 3.8) is 0 Å². The van der Waals surface area contributed by atoms with Crippen molar-refractivity contribution in [2.45, 2.75) is 69.8 Å². The number of piperidine rings is 1. The summed E-state index contributed by atoms with van der Waals surface area (Å²) in [6, 6.07) is 5.57. The van der Waals surface area contributed by atoms with Crippen LogP contribution in [0.15, 0.2) is 24.4 Å². The minimum Gasteiger partial charge on any atom is -0.475 e. The van der Waals surface area contributed by atoms with E-state index in [1.165, 1.54) is 6.42 Å². The lowest BCUT2D eigenvalue weighted by Crippen LogP contribution is -2.41. The lowest BCUT2D eigenvalue weighted by atomic mass is 9.74. The number of nitrogens with one attached hydrogen (secondary N) is 1. The van der Waals surface area contributed by atoms with E-state index >= 15 is 0 Å². The van der Waals surface area contributed by atoms with E-state index in [0.29, 0.717) is 43.2 Å². The fraction of sp³-hybridized carbons (Fsp3) is 0.615. The van der Waals surface area contributed by atoms with Gasteiger partial charge in [0.05, 0.1) is 18.7 Å². The molecule has 4 rings (SSSR count). The lowest BCUT2D eigenvalue weighted by molar-refractivity contribution is -0.193. The second kappa shape index (κ2) is 15.0. The van der Waals surface area contributed by atoms with Crippen molar-refractivity contribution in [1.29, 1.82) is 0 Å². The molecule has 0 radical (unpaired) electrons. The molecule has 3 heterocycles. The molecule has 1 aliphatic carbocycles. The third kappa shape index (κ3) is 10.9. The normalized spacial score (nSPS) is 18.3. The molecule has 1 amide bonds. The van der Waals surface area contributed by atoms with Gasteiger partial charge in [0.1, 0.15) is 5.82 Å². The summed E-state index contributed by atoms with van der Waals surface area (Å²) in [5.41, 5.74) is 0.802. The minimum absolute atomic E-state index is 0.0715. The first-order valence-corrected chi connectivity index (χ1v) is 13.4. The van der Waals surface area contributed by atoms with Gasteiger partial charge in [-0.15, -0.1) is 0 Å². The van der Waals surface area contributed by atoms with Crippen molar-refractivity contribution < 1.29 is 64.8 Å². The molecule has 2 aliphatic rings. The molecule has 1 saturated carbocycles. The number of fused-ring (bicyclic) bond motifs is 1. The fourth-order valence-electron chi connectivity index (χ4n) is 4.66. The Kier molecular flexibility index (Phi) is 12.5. The van der Waals surface area contributed by atoms with E-state index in [2.05, 4.69) is 10.3 Å². The number of hydrogen-bond acceptors (Lipinski definition) is 6. The molecule has 2 aromatic rings. The van der Waals surface area contributed by atoms with Crippen LogP contribution < -0.4 is 5.32 Å². The van der Waals surface area contributed by atoms with E-state index in [-0.39, 0.29) is 30.8 Å². The Labute approximate surface area is 245 Å². The van der Waals surface area contributed by atoms with Crippen molar-refractivity contribution in [3.05, 3.63) is 35.9 Å². The van der Waals surface area contributed by atoms with Crippen LogP contribution in [0.4, 0.5) is 35.1 Å². The summed E-state index contributed by atoms with van der Waals surface area (Å²) in [5.74, 6) is -7.68. The summed E-state index contributed by atoms with van der Waals surface area (Å²) in [6.07, 6.45) is -3.46. The molecule has 2 aromatic heterocycles. The van der Waals surface area contributed by atoms with Crippen LogP contribution in [0.2, 0.25) is 0 Å². The average Bonchev–Trinajstić information content (AvgIpc) is 3.31. The Morgan fingerprint density at radius 3 is 1.89 bits per heavy atom. The number of amides is 1. The number of likely N-dealkylation sites (tertiary alicyclic amines) is 1. The smallest absolute Gasteiger partial charge is 0.475 e. The van der Waals surface area contributed by atoms with Crippen molar-refractivity contribution in [2.75, 3.05) is 26.2 Å². The van der Waals surface area contributed by atoms with Crippen LogP contribution in [0, 0.1) is 5.41 Å². The molecule has 0 unspecified atom stereocenters. The third-order valence-corrected chi connectivity index (χ3v) is 7.15. The van der Waals surface area contributed by atoms with Crippen molar-refractivity contribution in [2.24, 2.45) is 5.41 Å². The van der Waals surface area contributed by atoms with Gasteiger partial charge < -0.3 is 25.0 Å². The maximum atomic E-state index is 13.5. The summed E-state index contributed by atoms with van der Waals surface area (Å²) in [6.45, 7) is 1.56. The van der Waals surface area contributed by atoms with Crippen molar-refractivity contribution in [1.82, 2.24) is 19.6 Å². The molecular formula is C26H32F8N4O6. The topological polar surface area (TPSA) is 144 Å². The van der Waals surface area contributed by atoms with Crippen LogP contribution in [0.25, 0.3) is 5.52 Å². The Hall–Kier alpha value is -3.54. The summed E-state index contributed by atoms with van der Waals surface area (Å²) in [7, 11) is 0. The first-order chi connectivity index (χ1) is 20.3. The molecule has 0 spiro atoms. The van der Waals surface area contributed by atoms with E-state index in [4.69, 9.17) is 19.8 Å². The largest absolute Gasteiger partial charge is 0.490 e. The molecule has 2 fully saturated rings. The summed E-state index contributed by atoms with van der Waals surface area (Å²) in [5, 5.41) is 27.1. The molecular weight excluding hydrogens is 616 g/mol. The van der Waals surface area contributed by atoms with Crippen LogP contribution in [-0.4, -0.2) is 92.0 Å². The predicted molar refractivity (Wildman–Crippen MR) is 137 cm³/mol. The highest BCUT2D eigenvalue weighted by atomic mass is 19.4. The second-order valence-electron chi connectivity index (χ2n) is 10.5. The number of carboxylic acid groups (broad SMARTS) is 2. The molecule has 248 valence electrons. The number of carbonyl (C=O) groups is 3. The second-order valence-corrected chi connectivity index (χ2v) is 10.5. The maximum Gasteiger partial charge on any atom is 0.490 e. The van der Waals surface area contributed by atoms with Gasteiger partial charge in [0, 0.05) is 44.1 Å². The number of carboxylic acids is 2. The van der Waals surface area contributed by atoms with Crippen LogP contribution in [0.5, 0.6) is 0 Å². The highest BCUT2D eigenvalue weighted by Gasteiger charge is 2.39. The van der Waals surface area contributed by atoms with E-state index in [0.717, 1.165) is 25.7 Å². The third-order valence-electron chi connectivity index (χ3n) is 7.15. The number of aromatic nitrogens is 2. The molecule has 1 saturated heterocycles. The molecule has 0 atom stereocenters. The summed E-state index contributed by atoms with van der Waals surface area (Å²) in [4.78, 5) is 37.3. The van der Waals surface area contributed by atoms with Gasteiger partial charge in [-0.3, -0.25) is 9.69 Å². The first-order valence-electron chi connectivity index (χ1n) is 13.4. The Balaban J connectivity index is 0.000000402. The minimum atomic E-state index is -5.08. The van der Waals surface area contributed by atoms with Gasteiger partial charge in [-0.1, -0.05) is 25.3 Å². The van der Waals surface area contributed by atoms with Gasteiger partial charge in [-0.25, -0.2) is 23.4 Å². The zero-order chi connectivity index (χ0) is 33.3. The zero-order valence-electron chi connectivity index (χ0n) is 23.2. The number of pyridine rings is 1. The number of aliphatic hydroxyl groups is 1.